The van der Waals surface area contributed by atoms with Crippen molar-refractivity contribution in [3.63, 3.8) is 0 Å². The number of rotatable bonds is 5. The van der Waals surface area contributed by atoms with Crippen molar-refractivity contribution < 1.29 is 14.5 Å². The molecular weight excluding hydrogens is 298 g/mol. The van der Waals surface area contributed by atoms with Gasteiger partial charge in [0.15, 0.2) is 6.73 Å². The Kier molecular flexibility index (Phi) is 5.14. The highest BCUT2D eigenvalue weighted by Crippen LogP contribution is 2.23. The van der Waals surface area contributed by atoms with E-state index in [0.29, 0.717) is 5.75 Å². The Hall–Kier alpha value is -3.09. The van der Waals surface area contributed by atoms with Crippen LogP contribution in [0.25, 0.3) is 0 Å². The van der Waals surface area contributed by atoms with Gasteiger partial charge in [0.2, 0.25) is 0 Å². The Morgan fingerprint density at radius 3 is 2.65 bits per heavy atom. The third kappa shape index (κ3) is 4.19. The lowest BCUT2D eigenvalue weighted by atomic mass is 10.1. The fourth-order valence-electron chi connectivity index (χ4n) is 1.96. The van der Waals surface area contributed by atoms with Crippen LogP contribution in [0.15, 0.2) is 42.5 Å². The van der Waals surface area contributed by atoms with E-state index in [4.69, 9.17) is 4.74 Å². The maximum Gasteiger partial charge on any atom is 0.322 e. The number of amides is 2. The Morgan fingerprint density at radius 2 is 1.91 bits per heavy atom. The molecule has 0 fully saturated rings. The van der Waals surface area contributed by atoms with E-state index in [2.05, 4.69) is 10.6 Å². The van der Waals surface area contributed by atoms with Crippen LogP contribution in [0.2, 0.25) is 0 Å². The zero-order chi connectivity index (χ0) is 16.8. The SMILES string of the molecule is Cc1cccc(OCNC(=O)Nc2ccccc2[N+](=O)[O-])c1C. The van der Waals surface area contributed by atoms with E-state index in [0.717, 1.165) is 11.1 Å². The highest BCUT2D eigenvalue weighted by Gasteiger charge is 2.14. The van der Waals surface area contributed by atoms with E-state index < -0.39 is 11.0 Å². The molecule has 0 aliphatic rings. The summed E-state index contributed by atoms with van der Waals surface area (Å²) >= 11 is 0. The quantitative estimate of drug-likeness (QED) is 0.502. The lowest BCUT2D eigenvalue weighted by Gasteiger charge is -2.12. The number of carbonyl (C=O) groups excluding carboxylic acids is 1. The molecule has 0 unspecified atom stereocenters. The van der Waals surface area contributed by atoms with E-state index in [-0.39, 0.29) is 18.1 Å². The molecule has 0 saturated carbocycles. The lowest BCUT2D eigenvalue weighted by Crippen LogP contribution is -2.32. The van der Waals surface area contributed by atoms with Crippen LogP contribution in [-0.4, -0.2) is 17.7 Å². The summed E-state index contributed by atoms with van der Waals surface area (Å²) in [6.45, 7) is 3.85. The topological polar surface area (TPSA) is 93.5 Å². The number of carbonyl (C=O) groups is 1. The summed E-state index contributed by atoms with van der Waals surface area (Å²) in [5, 5.41) is 15.8. The van der Waals surface area contributed by atoms with Crippen LogP contribution < -0.4 is 15.4 Å². The first-order chi connectivity index (χ1) is 11.0. The highest BCUT2D eigenvalue weighted by atomic mass is 16.6. The van der Waals surface area contributed by atoms with Crippen LogP contribution in [0.5, 0.6) is 5.75 Å². The molecule has 0 aliphatic carbocycles. The lowest BCUT2D eigenvalue weighted by molar-refractivity contribution is -0.383. The van der Waals surface area contributed by atoms with E-state index in [1.54, 1.807) is 6.07 Å². The van der Waals surface area contributed by atoms with Crippen molar-refractivity contribution in [2.24, 2.45) is 0 Å². The Morgan fingerprint density at radius 1 is 1.17 bits per heavy atom. The second-order valence-electron chi connectivity index (χ2n) is 4.89. The molecule has 0 radical (unpaired) electrons. The summed E-state index contributed by atoms with van der Waals surface area (Å²) in [6, 6.07) is 11.0. The summed E-state index contributed by atoms with van der Waals surface area (Å²) in [4.78, 5) is 22.1. The molecule has 0 bridgehead atoms. The molecule has 0 saturated heterocycles. The maximum absolute atomic E-state index is 11.8. The average Bonchev–Trinajstić information content (AvgIpc) is 2.52. The number of nitro benzene ring substituents is 1. The number of nitro groups is 1. The van der Waals surface area contributed by atoms with Crippen LogP contribution in [0.3, 0.4) is 0 Å². The molecule has 0 atom stereocenters. The first-order valence-corrected chi connectivity index (χ1v) is 6.96. The summed E-state index contributed by atoms with van der Waals surface area (Å²) in [5.74, 6) is 0.677. The van der Waals surface area contributed by atoms with Gasteiger partial charge in [0.05, 0.1) is 4.92 Å². The second kappa shape index (κ2) is 7.26. The van der Waals surface area contributed by atoms with E-state index in [1.807, 2.05) is 32.0 Å². The van der Waals surface area contributed by atoms with Gasteiger partial charge in [0, 0.05) is 6.07 Å². The van der Waals surface area contributed by atoms with Gasteiger partial charge in [-0.3, -0.25) is 10.1 Å². The van der Waals surface area contributed by atoms with Crippen molar-refractivity contribution in [1.29, 1.82) is 0 Å². The van der Waals surface area contributed by atoms with Crippen molar-refractivity contribution >= 4 is 17.4 Å². The minimum atomic E-state index is -0.579. The molecular formula is C16H17N3O4. The van der Waals surface area contributed by atoms with Crippen LogP contribution >= 0.6 is 0 Å². The van der Waals surface area contributed by atoms with E-state index in [9.17, 15) is 14.9 Å². The molecule has 7 nitrogen and oxygen atoms in total. The minimum Gasteiger partial charge on any atom is -0.473 e. The van der Waals surface area contributed by atoms with Gasteiger partial charge in [0.1, 0.15) is 11.4 Å². The van der Waals surface area contributed by atoms with Gasteiger partial charge in [0.25, 0.3) is 5.69 Å². The number of nitrogens with zero attached hydrogens (tertiary/aromatic N) is 1. The molecule has 2 aromatic carbocycles. The minimum absolute atomic E-state index is 0.0449. The molecule has 23 heavy (non-hydrogen) atoms. The smallest absolute Gasteiger partial charge is 0.322 e. The number of urea groups is 1. The first-order valence-electron chi connectivity index (χ1n) is 6.96. The number of hydrogen-bond donors (Lipinski definition) is 2. The summed E-state index contributed by atoms with van der Waals surface area (Å²) in [5.41, 5.74) is 2.04. The van der Waals surface area contributed by atoms with Crippen molar-refractivity contribution in [1.82, 2.24) is 5.32 Å². The summed E-state index contributed by atoms with van der Waals surface area (Å²) in [6.07, 6.45) is 0. The second-order valence-corrected chi connectivity index (χ2v) is 4.89. The van der Waals surface area contributed by atoms with Gasteiger partial charge >= 0.3 is 6.03 Å². The van der Waals surface area contributed by atoms with Gasteiger partial charge in [-0.2, -0.15) is 0 Å². The zero-order valence-corrected chi connectivity index (χ0v) is 12.8. The molecule has 2 amide bonds. The monoisotopic (exact) mass is 315 g/mol. The molecule has 120 valence electrons. The van der Waals surface area contributed by atoms with Gasteiger partial charge in [-0.05, 0) is 37.1 Å². The molecule has 2 N–H and O–H groups in total. The van der Waals surface area contributed by atoms with Gasteiger partial charge in [-0.15, -0.1) is 0 Å². The van der Waals surface area contributed by atoms with Crippen LogP contribution in [0, 0.1) is 24.0 Å². The Balaban J connectivity index is 1.91. The van der Waals surface area contributed by atoms with Crippen LogP contribution in [-0.2, 0) is 0 Å². The third-order valence-corrected chi connectivity index (χ3v) is 3.36. The number of benzene rings is 2. The summed E-state index contributed by atoms with van der Waals surface area (Å²) < 4.78 is 5.50. The fraction of sp³-hybridized carbons (Fsp3) is 0.188. The highest BCUT2D eigenvalue weighted by molar-refractivity contribution is 5.91. The van der Waals surface area contributed by atoms with Crippen molar-refractivity contribution in [3.8, 4) is 5.75 Å². The van der Waals surface area contributed by atoms with Crippen molar-refractivity contribution in [3.05, 3.63) is 63.7 Å². The zero-order valence-electron chi connectivity index (χ0n) is 12.8. The summed E-state index contributed by atoms with van der Waals surface area (Å²) in [7, 11) is 0. The molecule has 0 aliphatic heterocycles. The standard InChI is InChI=1S/C16H17N3O4/c1-11-6-5-9-15(12(11)2)23-10-17-16(20)18-13-7-3-4-8-14(13)19(21)22/h3-9H,10H2,1-2H3,(H2,17,18,20). The van der Waals surface area contributed by atoms with Crippen molar-refractivity contribution in [2.75, 3.05) is 12.0 Å². The molecule has 0 aromatic heterocycles. The Labute approximate surface area is 133 Å². The molecule has 2 aromatic rings. The van der Waals surface area contributed by atoms with E-state index in [1.165, 1.54) is 18.2 Å². The maximum atomic E-state index is 11.8. The number of ether oxygens (including phenoxy) is 1. The number of hydrogen-bond acceptors (Lipinski definition) is 4. The number of para-hydroxylation sites is 2. The third-order valence-electron chi connectivity index (χ3n) is 3.36. The average molecular weight is 315 g/mol. The number of aryl methyl sites for hydroxylation is 1. The first kappa shape index (κ1) is 16.3. The molecule has 2 rings (SSSR count). The number of nitrogens with one attached hydrogen (secondary N) is 2. The van der Waals surface area contributed by atoms with Gasteiger partial charge in [-0.1, -0.05) is 24.3 Å². The van der Waals surface area contributed by atoms with E-state index >= 15 is 0 Å². The molecule has 0 heterocycles. The predicted molar refractivity (Wildman–Crippen MR) is 86.7 cm³/mol. The number of anilines is 1. The van der Waals surface area contributed by atoms with Gasteiger partial charge < -0.3 is 15.4 Å². The molecule has 0 spiro atoms. The molecule has 7 heteroatoms. The largest absolute Gasteiger partial charge is 0.473 e. The predicted octanol–water partition coefficient (Wildman–Crippen LogP) is 3.37. The van der Waals surface area contributed by atoms with Crippen LogP contribution in [0.1, 0.15) is 11.1 Å². The van der Waals surface area contributed by atoms with Gasteiger partial charge in [-0.25, -0.2) is 4.79 Å². The normalized spacial score (nSPS) is 10.0. The van der Waals surface area contributed by atoms with Crippen LogP contribution in [0.4, 0.5) is 16.2 Å². The van der Waals surface area contributed by atoms with Crippen molar-refractivity contribution in [2.45, 2.75) is 13.8 Å². The Bertz CT molecular complexity index is 731. The fourth-order valence-corrected chi connectivity index (χ4v) is 1.96.